The lowest BCUT2D eigenvalue weighted by Crippen LogP contribution is -2.31. The number of hydrogen-bond donors (Lipinski definition) is 1. The molecule has 0 fully saturated rings. The smallest absolute Gasteiger partial charge is 0.407 e. The van der Waals surface area contributed by atoms with Crippen LogP contribution in [0.5, 0.6) is 0 Å². The van der Waals surface area contributed by atoms with E-state index in [1.54, 1.807) is 0 Å². The Morgan fingerprint density at radius 1 is 1.24 bits per heavy atom. The van der Waals surface area contributed by atoms with Gasteiger partial charge in [0.2, 0.25) is 0 Å². The van der Waals surface area contributed by atoms with Crippen molar-refractivity contribution in [3.63, 3.8) is 0 Å². The number of nitrogens with one attached hydrogen (secondary N) is 1. The van der Waals surface area contributed by atoms with Crippen LogP contribution in [-0.4, -0.2) is 32.1 Å². The van der Waals surface area contributed by atoms with Crippen LogP contribution in [0.3, 0.4) is 0 Å². The largest absolute Gasteiger partial charge is 0.445 e. The van der Waals surface area contributed by atoms with Crippen molar-refractivity contribution in [2.75, 3.05) is 20.3 Å². The van der Waals surface area contributed by atoms with Gasteiger partial charge in [-0.2, -0.15) is 0 Å². The quantitative estimate of drug-likeness (QED) is 0.805. The molecule has 0 aliphatic rings. The average Bonchev–Trinajstić information content (AvgIpc) is 2.35. The highest BCUT2D eigenvalue weighted by Gasteiger charge is 2.05. The molecule has 0 saturated heterocycles. The number of alkyl carbamates (subject to hydrolysis) is 1. The summed E-state index contributed by atoms with van der Waals surface area (Å²) in [4.78, 5) is 22.2. The van der Waals surface area contributed by atoms with E-state index in [1.807, 2.05) is 30.3 Å². The molecule has 0 saturated carbocycles. The summed E-state index contributed by atoms with van der Waals surface area (Å²) in [6.07, 6.45) is -0.613. The predicted octanol–water partition coefficient (Wildman–Crippen LogP) is 1.13. The molecule has 0 aliphatic heterocycles. The normalized spacial score (nSPS) is 9.71. The molecule has 0 spiro atoms. The monoisotopic (exact) mass is 237 g/mol. The van der Waals surface area contributed by atoms with Gasteiger partial charge in [-0.3, -0.25) is 4.79 Å². The lowest BCUT2D eigenvalue weighted by molar-refractivity contribution is -0.121. The molecular formula is C12H15NO4. The van der Waals surface area contributed by atoms with Crippen molar-refractivity contribution in [3.05, 3.63) is 35.9 Å². The average molecular weight is 237 g/mol. The zero-order chi connectivity index (χ0) is 12.5. The molecule has 1 amide bonds. The van der Waals surface area contributed by atoms with E-state index in [0.29, 0.717) is 0 Å². The van der Waals surface area contributed by atoms with Gasteiger partial charge in [0.1, 0.15) is 13.2 Å². The zero-order valence-electron chi connectivity index (χ0n) is 9.64. The Morgan fingerprint density at radius 3 is 2.59 bits per heavy atom. The fourth-order valence-electron chi connectivity index (χ4n) is 1.16. The first-order valence-corrected chi connectivity index (χ1v) is 5.17. The van der Waals surface area contributed by atoms with E-state index in [4.69, 9.17) is 4.74 Å². The maximum atomic E-state index is 11.2. The number of carbonyl (C=O) groups is 2. The summed E-state index contributed by atoms with van der Waals surface area (Å²) in [5.74, 6) is -0.204. The van der Waals surface area contributed by atoms with Crippen molar-refractivity contribution in [1.29, 1.82) is 0 Å². The van der Waals surface area contributed by atoms with Crippen molar-refractivity contribution in [1.82, 2.24) is 5.32 Å². The second-order valence-corrected chi connectivity index (χ2v) is 3.39. The van der Waals surface area contributed by atoms with Crippen molar-refractivity contribution in [3.8, 4) is 0 Å². The second-order valence-electron chi connectivity index (χ2n) is 3.39. The van der Waals surface area contributed by atoms with Crippen LogP contribution in [0.25, 0.3) is 0 Å². The van der Waals surface area contributed by atoms with E-state index < -0.39 is 6.09 Å². The van der Waals surface area contributed by atoms with Crippen LogP contribution in [0.1, 0.15) is 5.56 Å². The summed E-state index contributed by atoms with van der Waals surface area (Å²) in [6, 6.07) is 9.30. The van der Waals surface area contributed by atoms with Gasteiger partial charge in [0, 0.05) is 7.11 Å². The zero-order valence-corrected chi connectivity index (χ0v) is 9.64. The van der Waals surface area contributed by atoms with Gasteiger partial charge in [-0.15, -0.1) is 0 Å². The summed E-state index contributed by atoms with van der Waals surface area (Å²) in [6.45, 7) is 0.0889. The van der Waals surface area contributed by atoms with Crippen LogP contribution in [0, 0.1) is 0 Å². The van der Waals surface area contributed by atoms with Crippen LogP contribution in [0.2, 0.25) is 0 Å². The minimum Gasteiger partial charge on any atom is -0.445 e. The van der Waals surface area contributed by atoms with Crippen molar-refractivity contribution in [2.24, 2.45) is 0 Å². The number of benzene rings is 1. The van der Waals surface area contributed by atoms with E-state index in [2.05, 4.69) is 10.1 Å². The number of hydrogen-bond acceptors (Lipinski definition) is 4. The van der Waals surface area contributed by atoms with E-state index in [1.165, 1.54) is 7.11 Å². The summed E-state index contributed by atoms with van der Waals surface area (Å²) in [5, 5.41) is 2.35. The van der Waals surface area contributed by atoms with Gasteiger partial charge < -0.3 is 14.8 Å². The van der Waals surface area contributed by atoms with Gasteiger partial charge in [-0.25, -0.2) is 4.79 Å². The number of rotatable bonds is 6. The molecule has 5 nitrogen and oxygen atoms in total. The Bertz CT molecular complexity index is 364. The molecule has 0 bridgehead atoms. The Labute approximate surface area is 99.7 Å². The first-order valence-electron chi connectivity index (χ1n) is 5.17. The van der Waals surface area contributed by atoms with Gasteiger partial charge in [0.25, 0.3) is 0 Å². The molecule has 0 radical (unpaired) electrons. The van der Waals surface area contributed by atoms with E-state index in [-0.39, 0.29) is 25.5 Å². The summed E-state index contributed by atoms with van der Waals surface area (Å²) in [7, 11) is 1.42. The minimum atomic E-state index is -0.613. The molecule has 92 valence electrons. The number of carbonyl (C=O) groups excluding carboxylic acids is 2. The van der Waals surface area contributed by atoms with Crippen molar-refractivity contribution >= 4 is 11.9 Å². The number of ketones is 1. The maximum absolute atomic E-state index is 11.2. The second kappa shape index (κ2) is 7.40. The van der Waals surface area contributed by atoms with Crippen molar-refractivity contribution in [2.45, 2.75) is 6.61 Å². The molecule has 0 atom stereocenters. The van der Waals surface area contributed by atoms with Gasteiger partial charge >= 0.3 is 6.09 Å². The Hall–Kier alpha value is -1.88. The first-order chi connectivity index (χ1) is 8.22. The molecule has 1 N–H and O–H groups in total. The van der Waals surface area contributed by atoms with Crippen LogP contribution >= 0.6 is 0 Å². The number of ether oxygens (including phenoxy) is 2. The van der Waals surface area contributed by atoms with Gasteiger partial charge in [-0.05, 0) is 5.56 Å². The lowest BCUT2D eigenvalue weighted by atomic mass is 10.2. The Balaban J connectivity index is 2.20. The van der Waals surface area contributed by atoms with Gasteiger partial charge in [-0.1, -0.05) is 30.3 Å². The molecule has 0 aromatic heterocycles. The summed E-state index contributed by atoms with van der Waals surface area (Å²) in [5.41, 5.74) is 0.894. The molecule has 1 rings (SSSR count). The Morgan fingerprint density at radius 2 is 1.94 bits per heavy atom. The molecule has 1 aromatic carbocycles. The Kier molecular flexibility index (Phi) is 5.74. The molecule has 0 unspecified atom stereocenters. The van der Waals surface area contributed by atoms with Crippen LogP contribution < -0.4 is 5.32 Å². The van der Waals surface area contributed by atoms with Crippen LogP contribution in [-0.2, 0) is 20.9 Å². The highest BCUT2D eigenvalue weighted by molar-refractivity contribution is 5.84. The molecule has 0 aliphatic carbocycles. The third-order valence-electron chi connectivity index (χ3n) is 1.95. The highest BCUT2D eigenvalue weighted by Crippen LogP contribution is 2.00. The van der Waals surface area contributed by atoms with Crippen LogP contribution in [0.15, 0.2) is 30.3 Å². The van der Waals surface area contributed by atoms with Gasteiger partial charge in [0.15, 0.2) is 5.78 Å². The minimum absolute atomic E-state index is 0.0149. The third-order valence-corrected chi connectivity index (χ3v) is 1.95. The standard InChI is InChI=1S/C12H15NO4/c1-16-9-11(14)7-13-12(15)17-8-10-5-3-2-4-6-10/h2-6H,7-9H2,1H3,(H,13,15). The van der Waals surface area contributed by atoms with E-state index in [9.17, 15) is 9.59 Å². The number of amides is 1. The molecule has 0 heterocycles. The number of methoxy groups -OCH3 is 1. The fraction of sp³-hybridized carbons (Fsp3) is 0.333. The first kappa shape index (κ1) is 13.2. The highest BCUT2D eigenvalue weighted by atomic mass is 16.5. The molecule has 1 aromatic rings. The van der Waals surface area contributed by atoms with E-state index >= 15 is 0 Å². The van der Waals surface area contributed by atoms with Crippen molar-refractivity contribution < 1.29 is 19.1 Å². The maximum Gasteiger partial charge on any atom is 0.407 e. The lowest BCUT2D eigenvalue weighted by Gasteiger charge is -2.06. The van der Waals surface area contributed by atoms with E-state index in [0.717, 1.165) is 5.56 Å². The fourth-order valence-corrected chi connectivity index (χ4v) is 1.16. The molecular weight excluding hydrogens is 222 g/mol. The summed E-state index contributed by atoms with van der Waals surface area (Å²) < 4.78 is 9.54. The number of Topliss-reactive ketones (excluding diaryl/α,β-unsaturated/α-hetero) is 1. The third kappa shape index (κ3) is 5.67. The summed E-state index contributed by atoms with van der Waals surface area (Å²) >= 11 is 0. The predicted molar refractivity (Wildman–Crippen MR) is 61.5 cm³/mol. The topological polar surface area (TPSA) is 64.6 Å². The van der Waals surface area contributed by atoms with Crippen LogP contribution in [0.4, 0.5) is 4.79 Å². The SMILES string of the molecule is COCC(=O)CNC(=O)OCc1ccccc1. The van der Waals surface area contributed by atoms with Gasteiger partial charge in [0.05, 0.1) is 6.54 Å². The molecule has 17 heavy (non-hydrogen) atoms. The molecule has 5 heteroatoms.